The van der Waals surface area contributed by atoms with Gasteiger partial charge in [0.15, 0.2) is 5.75 Å². The molecule has 0 aliphatic heterocycles. The van der Waals surface area contributed by atoms with Crippen LogP contribution in [0.2, 0.25) is 5.02 Å². The van der Waals surface area contributed by atoms with Gasteiger partial charge in [-0.05, 0) is 37.3 Å². The lowest BCUT2D eigenvalue weighted by atomic mass is 10.2. The lowest BCUT2D eigenvalue weighted by Gasteiger charge is -2.12. The number of nitrogens with zero attached hydrogens (tertiary/aromatic N) is 1. The second kappa shape index (κ2) is 7.49. The molecule has 0 spiro atoms. The number of aromatic hydroxyl groups is 1. The molecule has 26 heavy (non-hydrogen) atoms. The number of nitrogens with one attached hydrogen (secondary N) is 1. The van der Waals surface area contributed by atoms with Crippen molar-refractivity contribution in [2.75, 3.05) is 13.2 Å². The van der Waals surface area contributed by atoms with Gasteiger partial charge in [0, 0.05) is 17.6 Å². The Balaban J connectivity index is 1.79. The number of rotatable bonds is 6. The smallest absolute Gasteiger partial charge is 0.244 e. The summed E-state index contributed by atoms with van der Waals surface area (Å²) in [5.74, 6) is 0.215. The van der Waals surface area contributed by atoms with Crippen molar-refractivity contribution in [3.8, 4) is 11.5 Å². The fraction of sp³-hybridized carbons (Fsp3) is 0.167. The zero-order valence-electron chi connectivity index (χ0n) is 13.9. The molecular weight excluding hydrogens is 376 g/mol. The number of phenolic OH excluding ortho intramolecular Hbond substituents is 1. The average molecular weight is 393 g/mol. The largest absolute Gasteiger partial charge is 0.504 e. The molecule has 0 aliphatic rings. The van der Waals surface area contributed by atoms with Crippen molar-refractivity contribution in [1.29, 1.82) is 0 Å². The van der Waals surface area contributed by atoms with E-state index < -0.39 is 15.8 Å². The summed E-state index contributed by atoms with van der Waals surface area (Å²) >= 11 is 6.17. The van der Waals surface area contributed by atoms with Gasteiger partial charge in [0.2, 0.25) is 10.0 Å². The molecule has 3 aromatic rings. The normalized spacial score (nSPS) is 11.6. The minimum absolute atomic E-state index is 0.0353. The van der Waals surface area contributed by atoms with Crippen LogP contribution in [0.25, 0.3) is 10.9 Å². The number of aryl methyl sites for hydroxylation is 1. The Morgan fingerprint density at radius 2 is 1.92 bits per heavy atom. The third-order valence-corrected chi connectivity index (χ3v) is 5.49. The molecule has 0 radical (unpaired) electrons. The highest BCUT2D eigenvalue weighted by Gasteiger charge is 2.22. The number of sulfonamides is 1. The van der Waals surface area contributed by atoms with Gasteiger partial charge in [0.25, 0.3) is 0 Å². The van der Waals surface area contributed by atoms with E-state index in [1.165, 1.54) is 6.07 Å². The van der Waals surface area contributed by atoms with E-state index in [2.05, 4.69) is 9.71 Å². The van der Waals surface area contributed by atoms with Crippen LogP contribution >= 0.6 is 11.6 Å². The minimum Gasteiger partial charge on any atom is -0.504 e. The predicted octanol–water partition coefficient (Wildman–Crippen LogP) is 3.26. The van der Waals surface area contributed by atoms with E-state index in [4.69, 9.17) is 16.3 Å². The third kappa shape index (κ3) is 3.90. The maximum absolute atomic E-state index is 12.5. The number of phenols is 1. The van der Waals surface area contributed by atoms with E-state index in [9.17, 15) is 13.5 Å². The molecule has 2 aromatic carbocycles. The number of benzene rings is 2. The molecule has 0 saturated heterocycles. The second-order valence-corrected chi connectivity index (χ2v) is 7.76. The number of aromatic nitrogens is 1. The van der Waals surface area contributed by atoms with Crippen LogP contribution in [0.3, 0.4) is 0 Å². The van der Waals surface area contributed by atoms with E-state index in [1.807, 2.05) is 18.2 Å². The van der Waals surface area contributed by atoms with Crippen LogP contribution in [0.4, 0.5) is 0 Å². The standard InChI is InChI=1S/C18H17ClN2O4S/c1-12-7-8-14-15(19)11-16(18(22)17(14)21-12)26(23,24)20-9-10-25-13-5-3-2-4-6-13/h2-8,11,20,22H,9-10H2,1H3. The summed E-state index contributed by atoms with van der Waals surface area (Å²) in [5.41, 5.74) is 0.793. The first-order valence-electron chi connectivity index (χ1n) is 7.85. The Labute approximate surface area is 156 Å². The number of hydrogen-bond acceptors (Lipinski definition) is 5. The Hall–Kier alpha value is -2.35. The summed E-state index contributed by atoms with van der Waals surface area (Å²) in [6.07, 6.45) is 0. The van der Waals surface area contributed by atoms with Crippen LogP contribution < -0.4 is 9.46 Å². The second-order valence-electron chi connectivity index (χ2n) is 5.61. The number of fused-ring (bicyclic) bond motifs is 1. The van der Waals surface area contributed by atoms with Crippen molar-refractivity contribution in [3.63, 3.8) is 0 Å². The van der Waals surface area contributed by atoms with Crippen LogP contribution in [-0.2, 0) is 10.0 Å². The van der Waals surface area contributed by atoms with Crippen molar-refractivity contribution < 1.29 is 18.3 Å². The van der Waals surface area contributed by atoms with Gasteiger partial charge in [0.1, 0.15) is 22.8 Å². The summed E-state index contributed by atoms with van der Waals surface area (Å²) in [5, 5.41) is 11.1. The number of ether oxygens (including phenoxy) is 1. The van der Waals surface area contributed by atoms with Gasteiger partial charge in [-0.1, -0.05) is 29.8 Å². The minimum atomic E-state index is -3.98. The molecule has 8 heteroatoms. The van der Waals surface area contributed by atoms with E-state index in [-0.39, 0.29) is 28.6 Å². The number of pyridine rings is 1. The van der Waals surface area contributed by atoms with E-state index in [0.717, 1.165) is 0 Å². The van der Waals surface area contributed by atoms with Crippen LogP contribution in [0.15, 0.2) is 53.4 Å². The first kappa shape index (κ1) is 18.4. The predicted molar refractivity (Wildman–Crippen MR) is 100 cm³/mol. The molecular formula is C18H17ClN2O4S. The summed E-state index contributed by atoms with van der Waals surface area (Å²) in [4.78, 5) is 3.88. The van der Waals surface area contributed by atoms with Crippen molar-refractivity contribution in [2.45, 2.75) is 11.8 Å². The summed E-state index contributed by atoms with van der Waals surface area (Å²) < 4.78 is 32.9. The monoisotopic (exact) mass is 392 g/mol. The number of halogens is 1. The first-order chi connectivity index (χ1) is 12.4. The molecule has 0 saturated carbocycles. The molecule has 3 rings (SSSR count). The molecule has 1 aromatic heterocycles. The number of para-hydroxylation sites is 1. The molecule has 0 atom stereocenters. The van der Waals surface area contributed by atoms with Gasteiger partial charge in [-0.15, -0.1) is 0 Å². The van der Waals surface area contributed by atoms with E-state index in [1.54, 1.807) is 31.2 Å². The summed E-state index contributed by atoms with van der Waals surface area (Å²) in [6, 6.07) is 13.7. The molecule has 0 aliphatic carbocycles. The Kier molecular flexibility index (Phi) is 5.31. The van der Waals surface area contributed by atoms with Gasteiger partial charge in [-0.3, -0.25) is 0 Å². The van der Waals surface area contributed by atoms with Crippen LogP contribution in [0.1, 0.15) is 5.69 Å². The van der Waals surface area contributed by atoms with E-state index in [0.29, 0.717) is 16.8 Å². The molecule has 0 bridgehead atoms. The van der Waals surface area contributed by atoms with Gasteiger partial charge < -0.3 is 9.84 Å². The number of hydrogen-bond donors (Lipinski definition) is 2. The third-order valence-electron chi connectivity index (χ3n) is 3.70. The van der Waals surface area contributed by atoms with Gasteiger partial charge >= 0.3 is 0 Å². The molecule has 2 N–H and O–H groups in total. The first-order valence-corrected chi connectivity index (χ1v) is 9.71. The fourth-order valence-electron chi connectivity index (χ4n) is 2.45. The quantitative estimate of drug-likeness (QED) is 0.628. The van der Waals surface area contributed by atoms with Gasteiger partial charge in [0.05, 0.1) is 5.02 Å². The SMILES string of the molecule is Cc1ccc2c(Cl)cc(S(=O)(=O)NCCOc3ccccc3)c(O)c2n1. The Morgan fingerprint density at radius 3 is 2.65 bits per heavy atom. The fourth-order valence-corrected chi connectivity index (χ4v) is 3.91. The van der Waals surface area contributed by atoms with Crippen molar-refractivity contribution in [3.05, 3.63) is 59.2 Å². The van der Waals surface area contributed by atoms with Crippen LogP contribution in [-0.4, -0.2) is 31.7 Å². The van der Waals surface area contributed by atoms with Gasteiger partial charge in [-0.25, -0.2) is 18.1 Å². The van der Waals surface area contributed by atoms with Crippen molar-refractivity contribution in [1.82, 2.24) is 9.71 Å². The molecule has 0 amide bonds. The lowest BCUT2D eigenvalue weighted by Crippen LogP contribution is -2.28. The maximum Gasteiger partial charge on any atom is 0.244 e. The highest BCUT2D eigenvalue weighted by Crippen LogP contribution is 2.35. The molecule has 0 fully saturated rings. The summed E-state index contributed by atoms with van der Waals surface area (Å²) in [7, 11) is -3.98. The zero-order valence-corrected chi connectivity index (χ0v) is 15.5. The Bertz CT molecular complexity index is 1040. The van der Waals surface area contributed by atoms with Crippen LogP contribution in [0, 0.1) is 6.92 Å². The topological polar surface area (TPSA) is 88.5 Å². The highest BCUT2D eigenvalue weighted by molar-refractivity contribution is 7.89. The van der Waals surface area contributed by atoms with E-state index >= 15 is 0 Å². The maximum atomic E-state index is 12.5. The molecule has 0 unspecified atom stereocenters. The van der Waals surface area contributed by atoms with Crippen LogP contribution in [0.5, 0.6) is 11.5 Å². The van der Waals surface area contributed by atoms with Gasteiger partial charge in [-0.2, -0.15) is 0 Å². The highest BCUT2D eigenvalue weighted by atomic mass is 35.5. The van der Waals surface area contributed by atoms with Crippen molar-refractivity contribution >= 4 is 32.5 Å². The molecule has 1 heterocycles. The Morgan fingerprint density at radius 1 is 1.19 bits per heavy atom. The molecule has 136 valence electrons. The van der Waals surface area contributed by atoms with Crippen molar-refractivity contribution in [2.24, 2.45) is 0 Å². The molecule has 6 nitrogen and oxygen atoms in total. The summed E-state index contributed by atoms with van der Waals surface area (Å²) in [6.45, 7) is 1.92. The average Bonchev–Trinajstić information content (AvgIpc) is 2.62. The zero-order chi connectivity index (χ0) is 18.7. The lowest BCUT2D eigenvalue weighted by molar-refractivity contribution is 0.322.